The van der Waals surface area contributed by atoms with Crippen molar-refractivity contribution in [1.82, 2.24) is 19.2 Å². The number of H-pyrrole nitrogens is 1. The van der Waals surface area contributed by atoms with E-state index in [-0.39, 0.29) is 30.2 Å². The molecule has 33 heavy (non-hydrogen) atoms. The van der Waals surface area contributed by atoms with Gasteiger partial charge >= 0.3 is 11.6 Å². The van der Waals surface area contributed by atoms with Gasteiger partial charge in [0.2, 0.25) is 5.65 Å². The second kappa shape index (κ2) is 8.38. The standard InChI is InChI=1S/C23H23FN6O3/c1-13-9-15(10-17(12-31)26-13)19-20(14-4-6-16(24)7-5-14)27-22(25)30-21(19)28-29(23(30)32)11-18-3-2-8-33-18/h4-7,9-10,18,31H,2-3,8,11-12H2,1H3,(H2,25,27)/p+1/t18-/m1/s1. The number of aryl methyl sites for hydroxylation is 1. The quantitative estimate of drug-likeness (QED) is 0.477. The topological polar surface area (TPSA) is 122 Å². The van der Waals surface area contributed by atoms with Crippen LogP contribution in [0.5, 0.6) is 0 Å². The summed E-state index contributed by atoms with van der Waals surface area (Å²) in [6, 6.07) is 9.54. The largest absolute Gasteiger partial charge is 0.411 e. The smallest absolute Gasteiger partial charge is 0.390 e. The van der Waals surface area contributed by atoms with Crippen LogP contribution in [0.15, 0.2) is 41.2 Å². The van der Waals surface area contributed by atoms with Gasteiger partial charge in [-0.25, -0.2) is 14.2 Å². The highest BCUT2D eigenvalue weighted by Crippen LogP contribution is 2.33. The number of benzene rings is 1. The first kappa shape index (κ1) is 21.2. The van der Waals surface area contributed by atoms with Crippen molar-refractivity contribution in [3.05, 3.63) is 64.1 Å². The number of nitrogens with two attached hydrogens (primary N) is 1. The molecule has 0 amide bonds. The summed E-state index contributed by atoms with van der Waals surface area (Å²) in [6.07, 6.45) is 1.73. The predicted octanol–water partition coefficient (Wildman–Crippen LogP) is 1.74. The maximum Gasteiger partial charge on any atom is 0.411 e. The van der Waals surface area contributed by atoms with E-state index in [2.05, 4.69) is 15.1 Å². The van der Waals surface area contributed by atoms with Crippen molar-refractivity contribution in [2.45, 2.75) is 39.0 Å². The van der Waals surface area contributed by atoms with E-state index in [0.717, 1.165) is 12.8 Å². The number of fused-ring (bicyclic) bond motifs is 1. The molecule has 4 aromatic rings. The van der Waals surface area contributed by atoms with Crippen LogP contribution in [0, 0.1) is 12.7 Å². The molecule has 1 aromatic carbocycles. The van der Waals surface area contributed by atoms with E-state index in [4.69, 9.17) is 10.5 Å². The number of nitrogen functional groups attached to an aromatic ring is 1. The second-order valence-electron chi connectivity index (χ2n) is 8.17. The maximum absolute atomic E-state index is 13.6. The number of pyridine rings is 1. The fourth-order valence-electron chi connectivity index (χ4n) is 4.31. The molecule has 9 nitrogen and oxygen atoms in total. The molecule has 170 valence electrons. The van der Waals surface area contributed by atoms with Crippen LogP contribution in [0.25, 0.3) is 28.0 Å². The summed E-state index contributed by atoms with van der Waals surface area (Å²) >= 11 is 0. The predicted molar refractivity (Wildman–Crippen MR) is 119 cm³/mol. The molecule has 0 bridgehead atoms. The SMILES string of the molecule is Cc1cc(-c2c(-c3ccc(F)cc3)[nH+]c(N)n3c(=O)n(C[C@H]4CCCO4)nc23)cc(CO)n1. The zero-order valence-electron chi connectivity index (χ0n) is 18.1. The lowest BCUT2D eigenvalue weighted by Crippen LogP contribution is -2.30. The summed E-state index contributed by atoms with van der Waals surface area (Å²) in [5, 5.41) is 14.3. The lowest BCUT2D eigenvalue weighted by atomic mass is 9.99. The molecule has 1 aliphatic rings. The van der Waals surface area contributed by atoms with E-state index in [1.807, 2.05) is 13.0 Å². The Balaban J connectivity index is 1.80. The van der Waals surface area contributed by atoms with Gasteiger partial charge in [-0.3, -0.25) is 10.7 Å². The van der Waals surface area contributed by atoms with Gasteiger partial charge in [0.25, 0.3) is 0 Å². The molecule has 0 saturated carbocycles. The molecule has 1 fully saturated rings. The van der Waals surface area contributed by atoms with Crippen LogP contribution < -0.4 is 16.4 Å². The third-order valence-corrected chi connectivity index (χ3v) is 5.80. The fourth-order valence-corrected chi connectivity index (χ4v) is 4.31. The normalized spacial score (nSPS) is 16.0. The molecule has 0 aliphatic carbocycles. The van der Waals surface area contributed by atoms with Crippen molar-refractivity contribution in [3.63, 3.8) is 0 Å². The first-order valence-electron chi connectivity index (χ1n) is 10.7. The van der Waals surface area contributed by atoms with Crippen LogP contribution in [-0.4, -0.2) is 37.0 Å². The monoisotopic (exact) mass is 451 g/mol. The number of nitrogens with one attached hydrogen (secondary N) is 1. The minimum absolute atomic E-state index is 0.0815. The van der Waals surface area contributed by atoms with E-state index in [0.29, 0.717) is 52.6 Å². The van der Waals surface area contributed by atoms with Crippen LogP contribution in [0.2, 0.25) is 0 Å². The van der Waals surface area contributed by atoms with Gasteiger partial charge in [-0.05, 0) is 61.7 Å². The molecule has 0 radical (unpaired) electrons. The molecule has 4 N–H and O–H groups in total. The second-order valence-corrected chi connectivity index (χ2v) is 8.17. The highest BCUT2D eigenvalue weighted by molar-refractivity contribution is 5.88. The molecule has 4 heterocycles. The number of hydrogen-bond acceptors (Lipinski definition) is 6. The molecule has 5 rings (SSSR count). The number of aliphatic hydroxyl groups is 1. The first-order chi connectivity index (χ1) is 15.9. The van der Waals surface area contributed by atoms with Gasteiger partial charge in [0.1, 0.15) is 11.5 Å². The summed E-state index contributed by atoms with van der Waals surface area (Å²) in [4.78, 5) is 20.7. The van der Waals surface area contributed by atoms with Crippen molar-refractivity contribution in [3.8, 4) is 22.4 Å². The molecule has 1 atom stereocenters. The summed E-state index contributed by atoms with van der Waals surface area (Å²) < 4.78 is 22.0. The summed E-state index contributed by atoms with van der Waals surface area (Å²) in [7, 11) is 0. The molecular weight excluding hydrogens is 427 g/mol. The van der Waals surface area contributed by atoms with E-state index < -0.39 is 0 Å². The number of anilines is 1. The molecule has 0 unspecified atom stereocenters. The van der Waals surface area contributed by atoms with Crippen molar-refractivity contribution < 1.29 is 19.2 Å². The van der Waals surface area contributed by atoms with Crippen LogP contribution in [0.3, 0.4) is 0 Å². The van der Waals surface area contributed by atoms with Crippen LogP contribution in [0.1, 0.15) is 24.2 Å². The highest BCUT2D eigenvalue weighted by atomic mass is 19.1. The molecular formula is C23H24FN6O3+. The van der Waals surface area contributed by atoms with Crippen LogP contribution in [0.4, 0.5) is 10.3 Å². The van der Waals surface area contributed by atoms with E-state index in [9.17, 15) is 14.3 Å². The molecule has 10 heteroatoms. The van der Waals surface area contributed by atoms with E-state index in [1.54, 1.807) is 18.2 Å². The molecule has 1 saturated heterocycles. The zero-order chi connectivity index (χ0) is 23.1. The number of nitrogens with zero attached hydrogens (tertiary/aromatic N) is 4. The Labute approximate surface area is 188 Å². The number of hydrogen-bond donors (Lipinski definition) is 2. The lowest BCUT2D eigenvalue weighted by Gasteiger charge is -2.11. The number of ether oxygens (including phenoxy) is 1. The van der Waals surface area contributed by atoms with Gasteiger partial charge < -0.3 is 9.84 Å². The Kier molecular flexibility index (Phi) is 5.39. The van der Waals surface area contributed by atoms with Gasteiger partial charge in [0.15, 0.2) is 0 Å². The average Bonchev–Trinajstić information content (AvgIpc) is 3.42. The van der Waals surface area contributed by atoms with Crippen LogP contribution in [-0.2, 0) is 17.9 Å². The maximum atomic E-state index is 13.6. The van der Waals surface area contributed by atoms with E-state index >= 15 is 0 Å². The number of aromatic amines is 1. The Morgan fingerprint density at radius 2 is 2.06 bits per heavy atom. The summed E-state index contributed by atoms with van der Waals surface area (Å²) in [6.45, 7) is 2.57. The van der Waals surface area contributed by atoms with Crippen molar-refractivity contribution in [1.29, 1.82) is 0 Å². The van der Waals surface area contributed by atoms with Gasteiger partial charge in [-0.2, -0.15) is 4.68 Å². The average molecular weight is 451 g/mol. The number of aromatic nitrogens is 5. The lowest BCUT2D eigenvalue weighted by molar-refractivity contribution is -0.351. The highest BCUT2D eigenvalue weighted by Gasteiger charge is 2.27. The third kappa shape index (κ3) is 3.87. The molecule has 0 spiro atoms. The van der Waals surface area contributed by atoms with Crippen molar-refractivity contribution in [2.24, 2.45) is 0 Å². The third-order valence-electron chi connectivity index (χ3n) is 5.80. The van der Waals surface area contributed by atoms with Crippen molar-refractivity contribution in [2.75, 3.05) is 12.3 Å². The molecule has 1 aliphatic heterocycles. The van der Waals surface area contributed by atoms with Gasteiger partial charge in [0, 0.05) is 17.9 Å². The van der Waals surface area contributed by atoms with E-state index in [1.165, 1.54) is 21.2 Å². The Morgan fingerprint density at radius 3 is 2.76 bits per heavy atom. The van der Waals surface area contributed by atoms with Crippen molar-refractivity contribution >= 4 is 11.6 Å². The number of rotatable bonds is 5. The molecule has 3 aromatic heterocycles. The van der Waals surface area contributed by atoms with Crippen LogP contribution >= 0.6 is 0 Å². The van der Waals surface area contributed by atoms with Gasteiger partial charge in [-0.1, -0.05) is 0 Å². The van der Waals surface area contributed by atoms with Gasteiger partial charge in [-0.15, -0.1) is 9.50 Å². The summed E-state index contributed by atoms with van der Waals surface area (Å²) in [5.41, 5.74) is 9.95. The Bertz CT molecular complexity index is 1390. The number of halogens is 1. The Morgan fingerprint density at radius 1 is 1.27 bits per heavy atom. The minimum Gasteiger partial charge on any atom is -0.390 e. The van der Waals surface area contributed by atoms with Gasteiger partial charge in [0.05, 0.1) is 30.5 Å². The first-order valence-corrected chi connectivity index (χ1v) is 10.7. The minimum atomic E-state index is -0.380. The Hall–Kier alpha value is -3.63. The zero-order valence-corrected chi connectivity index (χ0v) is 18.1. The fraction of sp³-hybridized carbons (Fsp3) is 0.304. The number of aliphatic hydroxyl groups excluding tert-OH is 1. The summed E-state index contributed by atoms with van der Waals surface area (Å²) in [5.74, 6) is -0.265.